The van der Waals surface area contributed by atoms with Crippen LogP contribution < -0.4 is 16.4 Å². The molecule has 88 valence electrons. The van der Waals surface area contributed by atoms with Gasteiger partial charge in [-0.05, 0) is 31.2 Å². The summed E-state index contributed by atoms with van der Waals surface area (Å²) in [5.41, 5.74) is 4.96. The molecule has 2 atom stereocenters. The van der Waals surface area contributed by atoms with Gasteiger partial charge in [0.05, 0.1) is 0 Å². The largest absolute Gasteiger partial charge is 0.352 e. The van der Waals surface area contributed by atoms with Crippen molar-refractivity contribution in [1.82, 2.24) is 10.6 Å². The lowest BCUT2D eigenvalue weighted by molar-refractivity contribution is 0.248. The summed E-state index contributed by atoms with van der Waals surface area (Å²) in [6.07, 6.45) is 5.45. The van der Waals surface area contributed by atoms with Gasteiger partial charge in [0, 0.05) is 13.1 Å². The lowest BCUT2D eigenvalue weighted by atomic mass is 9.82. The van der Waals surface area contributed by atoms with Crippen LogP contribution in [0, 0.1) is 11.8 Å². The summed E-state index contributed by atoms with van der Waals surface area (Å²) < 4.78 is 0. The second-order valence-corrected chi connectivity index (χ2v) is 4.63. The number of primary amides is 1. The van der Waals surface area contributed by atoms with Gasteiger partial charge in [0.1, 0.15) is 0 Å². The molecule has 0 spiro atoms. The van der Waals surface area contributed by atoms with Gasteiger partial charge in [0.2, 0.25) is 0 Å². The van der Waals surface area contributed by atoms with Crippen molar-refractivity contribution >= 4 is 6.03 Å². The Bertz CT molecular complexity index is 196. The molecule has 15 heavy (non-hydrogen) atoms. The summed E-state index contributed by atoms with van der Waals surface area (Å²) in [5.74, 6) is 1.71. The highest BCUT2D eigenvalue weighted by atomic mass is 16.2. The molecule has 1 aliphatic carbocycles. The molecule has 4 nitrogen and oxygen atoms in total. The Morgan fingerprint density at radius 3 is 2.87 bits per heavy atom. The maximum Gasteiger partial charge on any atom is 0.312 e. The van der Waals surface area contributed by atoms with Crippen LogP contribution in [0.5, 0.6) is 0 Å². The van der Waals surface area contributed by atoms with Crippen LogP contribution in [-0.2, 0) is 0 Å². The average molecular weight is 213 g/mol. The van der Waals surface area contributed by atoms with Gasteiger partial charge in [-0.15, -0.1) is 0 Å². The van der Waals surface area contributed by atoms with E-state index in [-0.39, 0.29) is 0 Å². The van der Waals surface area contributed by atoms with Crippen molar-refractivity contribution in [3.63, 3.8) is 0 Å². The fraction of sp³-hybridized carbons (Fsp3) is 0.909. The molecule has 0 bridgehead atoms. The van der Waals surface area contributed by atoms with E-state index in [1.54, 1.807) is 0 Å². The molecule has 1 aliphatic rings. The van der Waals surface area contributed by atoms with Gasteiger partial charge < -0.3 is 16.4 Å². The predicted molar refractivity (Wildman–Crippen MR) is 61.6 cm³/mol. The molecule has 0 aromatic carbocycles. The molecule has 4 N–H and O–H groups in total. The van der Waals surface area contributed by atoms with Gasteiger partial charge in [0.25, 0.3) is 0 Å². The lowest BCUT2D eigenvalue weighted by Crippen LogP contribution is -2.37. The van der Waals surface area contributed by atoms with E-state index in [0.29, 0.717) is 6.54 Å². The number of amides is 2. The van der Waals surface area contributed by atoms with Gasteiger partial charge in [-0.2, -0.15) is 0 Å². The van der Waals surface area contributed by atoms with Crippen LogP contribution in [0.4, 0.5) is 4.79 Å². The Labute approximate surface area is 92.0 Å². The summed E-state index contributed by atoms with van der Waals surface area (Å²) >= 11 is 0. The van der Waals surface area contributed by atoms with E-state index in [1.807, 2.05) is 0 Å². The van der Waals surface area contributed by atoms with Crippen LogP contribution in [-0.4, -0.2) is 25.7 Å². The fourth-order valence-electron chi connectivity index (χ4n) is 2.33. The Hall–Kier alpha value is -0.770. The first-order valence-corrected chi connectivity index (χ1v) is 5.92. The predicted octanol–water partition coefficient (Wildman–Crippen LogP) is 1.07. The van der Waals surface area contributed by atoms with Crippen LogP contribution in [0.3, 0.4) is 0 Å². The molecule has 0 saturated heterocycles. The van der Waals surface area contributed by atoms with Gasteiger partial charge in [-0.1, -0.05) is 19.8 Å². The van der Waals surface area contributed by atoms with Gasteiger partial charge in [-0.3, -0.25) is 0 Å². The third-order valence-corrected chi connectivity index (χ3v) is 3.08. The van der Waals surface area contributed by atoms with Gasteiger partial charge in [0.15, 0.2) is 0 Å². The van der Waals surface area contributed by atoms with Gasteiger partial charge in [-0.25, -0.2) is 4.79 Å². The number of nitrogens with two attached hydrogens (primary N) is 1. The van der Waals surface area contributed by atoms with Crippen LogP contribution >= 0.6 is 0 Å². The summed E-state index contributed by atoms with van der Waals surface area (Å²) in [7, 11) is 0. The molecular formula is C11H23N3O. The zero-order valence-corrected chi connectivity index (χ0v) is 9.59. The number of urea groups is 1. The van der Waals surface area contributed by atoms with Crippen molar-refractivity contribution in [2.75, 3.05) is 19.6 Å². The number of carbonyl (C=O) groups excluding carboxylic acids is 1. The highest BCUT2D eigenvalue weighted by Crippen LogP contribution is 2.27. The first kappa shape index (κ1) is 12.3. The van der Waals surface area contributed by atoms with E-state index in [1.165, 1.54) is 25.7 Å². The van der Waals surface area contributed by atoms with Gasteiger partial charge >= 0.3 is 6.03 Å². The molecule has 0 aromatic rings. The van der Waals surface area contributed by atoms with E-state index in [2.05, 4.69) is 17.6 Å². The van der Waals surface area contributed by atoms with Crippen molar-refractivity contribution in [3.05, 3.63) is 0 Å². The molecule has 1 fully saturated rings. The molecule has 0 heterocycles. The Balaban J connectivity index is 1.97. The maximum atomic E-state index is 10.4. The summed E-state index contributed by atoms with van der Waals surface area (Å²) in [6.45, 7) is 4.84. The second-order valence-electron chi connectivity index (χ2n) is 4.63. The van der Waals surface area contributed by atoms with Crippen molar-refractivity contribution in [2.45, 2.75) is 32.6 Å². The third-order valence-electron chi connectivity index (χ3n) is 3.08. The molecule has 1 rings (SSSR count). The highest BCUT2D eigenvalue weighted by Gasteiger charge is 2.17. The summed E-state index contributed by atoms with van der Waals surface area (Å²) in [5, 5.41) is 5.93. The van der Waals surface area contributed by atoms with Crippen molar-refractivity contribution in [1.29, 1.82) is 0 Å². The molecule has 2 unspecified atom stereocenters. The van der Waals surface area contributed by atoms with E-state index >= 15 is 0 Å². The second kappa shape index (κ2) is 6.67. The standard InChI is InChI=1S/C11H23N3O/c1-9-3-2-4-10(7-9)8-13-5-6-14-11(12)15/h9-10,13H,2-8H2,1H3,(H3,12,14,15). The summed E-state index contributed by atoms with van der Waals surface area (Å²) in [4.78, 5) is 10.4. The average Bonchev–Trinajstić information content (AvgIpc) is 2.17. The molecule has 2 amide bonds. The molecule has 1 saturated carbocycles. The van der Waals surface area contributed by atoms with Crippen LogP contribution in [0.2, 0.25) is 0 Å². The third kappa shape index (κ3) is 5.62. The first-order valence-electron chi connectivity index (χ1n) is 5.92. The Morgan fingerprint density at radius 1 is 1.40 bits per heavy atom. The number of rotatable bonds is 5. The van der Waals surface area contributed by atoms with E-state index in [4.69, 9.17) is 5.73 Å². The Morgan fingerprint density at radius 2 is 2.20 bits per heavy atom. The lowest BCUT2D eigenvalue weighted by Gasteiger charge is -2.26. The topological polar surface area (TPSA) is 67.2 Å². The number of hydrogen-bond donors (Lipinski definition) is 3. The van der Waals surface area contributed by atoms with E-state index in [0.717, 1.165) is 24.9 Å². The number of carbonyl (C=O) groups is 1. The van der Waals surface area contributed by atoms with Crippen molar-refractivity contribution in [2.24, 2.45) is 17.6 Å². The maximum absolute atomic E-state index is 10.4. The smallest absolute Gasteiger partial charge is 0.312 e. The first-order chi connectivity index (χ1) is 7.18. The zero-order chi connectivity index (χ0) is 11.1. The monoisotopic (exact) mass is 213 g/mol. The zero-order valence-electron chi connectivity index (χ0n) is 9.59. The van der Waals surface area contributed by atoms with E-state index in [9.17, 15) is 4.79 Å². The van der Waals surface area contributed by atoms with Crippen molar-refractivity contribution < 1.29 is 4.79 Å². The van der Waals surface area contributed by atoms with Crippen LogP contribution in [0.25, 0.3) is 0 Å². The molecule has 0 aliphatic heterocycles. The molecule has 0 radical (unpaired) electrons. The summed E-state index contributed by atoms with van der Waals surface area (Å²) in [6, 6.07) is -0.442. The van der Waals surface area contributed by atoms with Crippen molar-refractivity contribution in [3.8, 4) is 0 Å². The minimum atomic E-state index is -0.442. The SMILES string of the molecule is CC1CCCC(CNCCNC(N)=O)C1. The van der Waals surface area contributed by atoms with E-state index < -0.39 is 6.03 Å². The molecular weight excluding hydrogens is 190 g/mol. The number of hydrogen-bond acceptors (Lipinski definition) is 2. The minimum Gasteiger partial charge on any atom is -0.352 e. The quantitative estimate of drug-likeness (QED) is 0.598. The fourth-order valence-corrected chi connectivity index (χ4v) is 2.33. The number of nitrogens with one attached hydrogen (secondary N) is 2. The Kier molecular flexibility index (Phi) is 5.47. The van der Waals surface area contributed by atoms with Crippen LogP contribution in [0.1, 0.15) is 32.6 Å². The minimum absolute atomic E-state index is 0.442. The van der Waals surface area contributed by atoms with Crippen LogP contribution in [0.15, 0.2) is 0 Å². The molecule has 4 heteroatoms. The normalized spacial score (nSPS) is 26.2. The highest BCUT2D eigenvalue weighted by molar-refractivity contribution is 5.71. The molecule has 0 aromatic heterocycles.